The molecule has 0 saturated heterocycles. The number of halogens is 2. The van der Waals surface area contributed by atoms with Gasteiger partial charge in [-0.15, -0.1) is 0 Å². The fourth-order valence-electron chi connectivity index (χ4n) is 2.75. The molecule has 1 atom stereocenters. The number of nitrogens with one attached hydrogen (secondary N) is 1. The molecule has 2 rings (SSSR count). The Labute approximate surface area is 164 Å². The van der Waals surface area contributed by atoms with Crippen molar-refractivity contribution in [3.05, 3.63) is 64.7 Å². The first-order chi connectivity index (χ1) is 13.0. The van der Waals surface area contributed by atoms with Gasteiger partial charge < -0.3 is 5.32 Å². The van der Waals surface area contributed by atoms with Crippen molar-refractivity contribution in [2.45, 2.75) is 38.1 Å². The fourth-order valence-corrected chi connectivity index (χ4v) is 3.96. The third-order valence-electron chi connectivity index (χ3n) is 4.53. The quantitative estimate of drug-likeness (QED) is 0.763. The molecular weight excluding hydrogens is 386 g/mol. The number of hydrogen-bond donors (Lipinski definition) is 1. The summed E-state index contributed by atoms with van der Waals surface area (Å²) >= 11 is 0. The molecular formula is C20H24F2N2O3S. The van der Waals surface area contributed by atoms with Crippen molar-refractivity contribution >= 4 is 15.9 Å². The monoisotopic (exact) mass is 410 g/mol. The fraction of sp³-hybridized carbons (Fsp3) is 0.350. The van der Waals surface area contributed by atoms with Crippen LogP contribution < -0.4 is 5.32 Å². The van der Waals surface area contributed by atoms with Gasteiger partial charge in [-0.3, -0.25) is 4.79 Å². The zero-order valence-electron chi connectivity index (χ0n) is 16.3. The largest absolute Gasteiger partial charge is 0.352 e. The Morgan fingerprint density at radius 2 is 1.71 bits per heavy atom. The molecule has 0 radical (unpaired) electrons. The molecule has 0 aliphatic heterocycles. The van der Waals surface area contributed by atoms with E-state index in [0.717, 1.165) is 27.6 Å². The molecule has 0 saturated carbocycles. The van der Waals surface area contributed by atoms with Crippen LogP contribution in [0.25, 0.3) is 0 Å². The summed E-state index contributed by atoms with van der Waals surface area (Å²) < 4.78 is 53.7. The molecule has 28 heavy (non-hydrogen) atoms. The van der Waals surface area contributed by atoms with Gasteiger partial charge in [-0.2, -0.15) is 4.31 Å². The molecule has 2 aromatic carbocycles. The summed E-state index contributed by atoms with van der Waals surface area (Å²) in [6.07, 6.45) is -0.0438. The molecule has 5 nitrogen and oxygen atoms in total. The molecule has 0 aliphatic rings. The van der Waals surface area contributed by atoms with Crippen LogP contribution in [0.4, 0.5) is 8.78 Å². The maximum Gasteiger partial charge on any atom is 0.243 e. The number of benzene rings is 2. The van der Waals surface area contributed by atoms with E-state index >= 15 is 0 Å². The van der Waals surface area contributed by atoms with Gasteiger partial charge in [0, 0.05) is 18.7 Å². The molecule has 0 heterocycles. The van der Waals surface area contributed by atoms with Gasteiger partial charge in [0.15, 0.2) is 0 Å². The van der Waals surface area contributed by atoms with Gasteiger partial charge in [0.2, 0.25) is 15.9 Å². The highest BCUT2D eigenvalue weighted by Gasteiger charge is 2.24. The summed E-state index contributed by atoms with van der Waals surface area (Å²) in [6, 6.07) is 7.76. The highest BCUT2D eigenvalue weighted by molar-refractivity contribution is 7.89. The second kappa shape index (κ2) is 8.79. The van der Waals surface area contributed by atoms with E-state index in [-0.39, 0.29) is 16.9 Å². The number of hydrogen-bond acceptors (Lipinski definition) is 3. The lowest BCUT2D eigenvalue weighted by molar-refractivity contribution is -0.121. The van der Waals surface area contributed by atoms with Crippen molar-refractivity contribution in [1.29, 1.82) is 0 Å². The van der Waals surface area contributed by atoms with Crippen LogP contribution in [-0.4, -0.2) is 38.3 Å². The van der Waals surface area contributed by atoms with Crippen LogP contribution in [-0.2, 0) is 21.2 Å². The second-order valence-electron chi connectivity index (χ2n) is 6.88. The smallest absolute Gasteiger partial charge is 0.243 e. The molecule has 1 N–H and O–H groups in total. The Kier molecular flexibility index (Phi) is 6.90. The zero-order valence-corrected chi connectivity index (χ0v) is 17.1. The molecule has 8 heteroatoms. The average molecular weight is 410 g/mol. The third kappa shape index (κ3) is 5.14. The molecule has 0 spiro atoms. The van der Waals surface area contributed by atoms with Gasteiger partial charge in [0.05, 0.1) is 11.4 Å². The Morgan fingerprint density at radius 3 is 2.29 bits per heavy atom. The van der Waals surface area contributed by atoms with E-state index in [1.807, 2.05) is 13.8 Å². The Hall–Kier alpha value is -2.32. The third-order valence-corrected chi connectivity index (χ3v) is 6.33. The first-order valence-corrected chi connectivity index (χ1v) is 10.2. The van der Waals surface area contributed by atoms with Gasteiger partial charge in [0.25, 0.3) is 0 Å². The number of amides is 1. The van der Waals surface area contributed by atoms with Crippen LogP contribution in [0.3, 0.4) is 0 Å². The normalized spacial score (nSPS) is 12.8. The number of likely N-dealkylation sites (N-methyl/N-ethyl adjacent to an activating group) is 1. The zero-order chi connectivity index (χ0) is 21.1. The summed E-state index contributed by atoms with van der Waals surface area (Å²) in [5, 5.41) is 2.58. The van der Waals surface area contributed by atoms with Crippen LogP contribution in [0, 0.1) is 25.5 Å². The Balaban J connectivity index is 2.02. The number of nitrogens with zero attached hydrogens (tertiary/aromatic N) is 1. The molecule has 2 aromatic rings. The minimum Gasteiger partial charge on any atom is -0.352 e. The van der Waals surface area contributed by atoms with Crippen molar-refractivity contribution in [3.63, 3.8) is 0 Å². The first kappa shape index (κ1) is 22.0. The maximum absolute atomic E-state index is 13.7. The lowest BCUT2D eigenvalue weighted by atomic mass is 10.1. The number of rotatable bonds is 7. The lowest BCUT2D eigenvalue weighted by Gasteiger charge is -2.20. The number of carbonyl (C=O) groups excluding carboxylic acids is 1. The van der Waals surface area contributed by atoms with Crippen LogP contribution in [0.1, 0.15) is 23.6 Å². The molecule has 1 amide bonds. The van der Waals surface area contributed by atoms with Gasteiger partial charge in [-0.05, 0) is 62.6 Å². The molecule has 0 aliphatic carbocycles. The SMILES string of the molecule is Cc1ccc(S(=O)(=O)N(C)CC(=O)NC(C)Cc2c(F)cccc2F)cc1C. The molecule has 1 unspecified atom stereocenters. The minimum absolute atomic E-state index is 0.0438. The lowest BCUT2D eigenvalue weighted by Crippen LogP contribution is -2.42. The number of carbonyl (C=O) groups is 1. The van der Waals surface area contributed by atoms with E-state index < -0.39 is 40.2 Å². The van der Waals surface area contributed by atoms with Crippen molar-refractivity contribution in [2.75, 3.05) is 13.6 Å². The van der Waals surface area contributed by atoms with E-state index in [9.17, 15) is 22.0 Å². The maximum atomic E-state index is 13.7. The van der Waals surface area contributed by atoms with E-state index in [1.54, 1.807) is 19.1 Å². The summed E-state index contributed by atoms with van der Waals surface area (Å²) in [5.41, 5.74) is 1.68. The van der Waals surface area contributed by atoms with Crippen LogP contribution >= 0.6 is 0 Å². The average Bonchev–Trinajstić information content (AvgIpc) is 2.60. The van der Waals surface area contributed by atoms with E-state index in [2.05, 4.69) is 5.32 Å². The Morgan fingerprint density at radius 1 is 1.11 bits per heavy atom. The van der Waals surface area contributed by atoms with E-state index in [1.165, 1.54) is 19.2 Å². The summed E-state index contributed by atoms with van der Waals surface area (Å²) in [5.74, 6) is -1.93. The van der Waals surface area contributed by atoms with Crippen LogP contribution in [0.15, 0.2) is 41.3 Å². The number of aryl methyl sites for hydroxylation is 2. The minimum atomic E-state index is -3.83. The standard InChI is InChI=1S/C20H24F2N2O3S/c1-13-8-9-16(10-14(13)2)28(26,27)24(4)12-20(25)23-15(3)11-17-18(21)6-5-7-19(17)22/h5-10,15H,11-12H2,1-4H3,(H,23,25). The molecule has 0 aromatic heterocycles. The van der Waals surface area contributed by atoms with Crippen molar-refractivity contribution in [2.24, 2.45) is 0 Å². The van der Waals surface area contributed by atoms with E-state index in [4.69, 9.17) is 0 Å². The predicted octanol–water partition coefficient (Wildman–Crippen LogP) is 2.95. The topological polar surface area (TPSA) is 66.5 Å². The summed E-state index contributed by atoms with van der Waals surface area (Å²) in [6.45, 7) is 4.88. The first-order valence-electron chi connectivity index (χ1n) is 8.78. The second-order valence-corrected chi connectivity index (χ2v) is 8.92. The molecule has 0 bridgehead atoms. The summed E-state index contributed by atoms with van der Waals surface area (Å²) in [7, 11) is -2.52. The predicted molar refractivity (Wildman–Crippen MR) is 103 cm³/mol. The van der Waals surface area contributed by atoms with Crippen molar-refractivity contribution < 1.29 is 22.0 Å². The van der Waals surface area contributed by atoms with Gasteiger partial charge in [0.1, 0.15) is 11.6 Å². The van der Waals surface area contributed by atoms with E-state index in [0.29, 0.717) is 0 Å². The highest BCUT2D eigenvalue weighted by Crippen LogP contribution is 2.18. The van der Waals surface area contributed by atoms with Gasteiger partial charge >= 0.3 is 0 Å². The molecule has 0 fully saturated rings. The Bertz CT molecular complexity index is 957. The highest BCUT2D eigenvalue weighted by atomic mass is 32.2. The van der Waals surface area contributed by atoms with Crippen molar-refractivity contribution in [3.8, 4) is 0 Å². The van der Waals surface area contributed by atoms with Gasteiger partial charge in [-0.1, -0.05) is 12.1 Å². The number of sulfonamides is 1. The van der Waals surface area contributed by atoms with Crippen LogP contribution in [0.2, 0.25) is 0 Å². The molecule has 152 valence electrons. The van der Waals surface area contributed by atoms with Gasteiger partial charge in [-0.25, -0.2) is 17.2 Å². The van der Waals surface area contributed by atoms with Crippen molar-refractivity contribution in [1.82, 2.24) is 9.62 Å². The summed E-state index contributed by atoms with van der Waals surface area (Å²) in [4.78, 5) is 12.3. The van der Waals surface area contributed by atoms with Crippen LogP contribution in [0.5, 0.6) is 0 Å².